The highest BCUT2D eigenvalue weighted by Gasteiger charge is 2.14. The first kappa shape index (κ1) is 11.1. The van der Waals surface area contributed by atoms with E-state index >= 15 is 0 Å². The van der Waals surface area contributed by atoms with Gasteiger partial charge in [-0.2, -0.15) is 0 Å². The maximum Gasteiger partial charge on any atom is 0.248 e. The minimum atomic E-state index is -0.255. The number of aryl methyl sites for hydroxylation is 1. The quantitative estimate of drug-likeness (QED) is 0.765. The lowest BCUT2D eigenvalue weighted by molar-refractivity contribution is 0.506. The molecule has 0 aliphatic heterocycles. The summed E-state index contributed by atoms with van der Waals surface area (Å²) in [7, 11) is 0. The van der Waals surface area contributed by atoms with Crippen LogP contribution in [0.5, 0.6) is 0 Å². The third-order valence-electron chi connectivity index (χ3n) is 2.41. The molecule has 4 heteroatoms. The minimum Gasteiger partial charge on any atom is -0.419 e. The topological polar surface area (TPSA) is 38.9 Å². The average molecular weight is 237 g/mol. The molecule has 2 aromatic rings. The van der Waals surface area contributed by atoms with Crippen molar-refractivity contribution < 1.29 is 4.42 Å². The third kappa shape index (κ3) is 2.09. The summed E-state index contributed by atoms with van der Waals surface area (Å²) in [5.41, 5.74) is 2.18. The first-order valence-corrected chi connectivity index (χ1v) is 5.71. The van der Waals surface area contributed by atoms with Crippen LogP contribution in [0.25, 0.3) is 11.5 Å². The molecule has 1 aromatic carbocycles. The smallest absolute Gasteiger partial charge is 0.248 e. The molecule has 0 saturated heterocycles. The van der Waals surface area contributed by atoms with Crippen LogP contribution in [0.4, 0.5) is 0 Å². The van der Waals surface area contributed by atoms with Crippen LogP contribution in [0.15, 0.2) is 28.7 Å². The van der Waals surface area contributed by atoms with Gasteiger partial charge in [0, 0.05) is 5.56 Å². The maximum atomic E-state index is 5.88. The Labute approximate surface area is 99.5 Å². The Kier molecular flexibility index (Phi) is 3.25. The van der Waals surface area contributed by atoms with E-state index in [-0.39, 0.29) is 5.38 Å². The summed E-state index contributed by atoms with van der Waals surface area (Å²) in [6.07, 6.45) is 0.935. The Morgan fingerprint density at radius 2 is 2.06 bits per heavy atom. The highest BCUT2D eigenvalue weighted by atomic mass is 35.5. The molecule has 0 saturated carbocycles. The van der Waals surface area contributed by atoms with Crippen LogP contribution in [0, 0.1) is 0 Å². The molecular weight excluding hydrogens is 224 g/mol. The first-order valence-electron chi connectivity index (χ1n) is 5.28. The summed E-state index contributed by atoms with van der Waals surface area (Å²) in [6.45, 7) is 3.91. The second kappa shape index (κ2) is 4.66. The number of rotatable bonds is 3. The molecule has 2 rings (SSSR count). The molecule has 16 heavy (non-hydrogen) atoms. The molecule has 1 heterocycles. The Bertz CT molecular complexity index is 479. The number of benzene rings is 1. The van der Waals surface area contributed by atoms with Crippen LogP contribution in [0.1, 0.15) is 30.7 Å². The Balaban J connectivity index is 2.42. The fraction of sp³-hybridized carbons (Fsp3) is 0.333. The van der Waals surface area contributed by atoms with Crippen molar-refractivity contribution in [1.29, 1.82) is 0 Å². The Hall–Kier alpha value is -1.35. The third-order valence-corrected chi connectivity index (χ3v) is 2.60. The summed E-state index contributed by atoms with van der Waals surface area (Å²) in [4.78, 5) is 0. The number of halogens is 1. The first-order chi connectivity index (χ1) is 7.72. The van der Waals surface area contributed by atoms with Gasteiger partial charge in [0.1, 0.15) is 5.38 Å². The average Bonchev–Trinajstić information content (AvgIpc) is 2.78. The fourth-order valence-corrected chi connectivity index (χ4v) is 1.63. The Morgan fingerprint density at radius 3 is 2.69 bits per heavy atom. The zero-order valence-electron chi connectivity index (χ0n) is 9.27. The van der Waals surface area contributed by atoms with Crippen molar-refractivity contribution in [1.82, 2.24) is 10.2 Å². The highest BCUT2D eigenvalue weighted by Crippen LogP contribution is 2.26. The zero-order valence-corrected chi connectivity index (χ0v) is 10.0. The minimum absolute atomic E-state index is 0.255. The number of nitrogens with zero attached hydrogens (tertiary/aromatic N) is 2. The van der Waals surface area contributed by atoms with Gasteiger partial charge in [-0.15, -0.1) is 21.8 Å². The number of aromatic nitrogens is 2. The van der Waals surface area contributed by atoms with Gasteiger partial charge in [-0.1, -0.05) is 25.1 Å². The molecule has 1 aromatic heterocycles. The van der Waals surface area contributed by atoms with Gasteiger partial charge in [0.05, 0.1) is 0 Å². The van der Waals surface area contributed by atoms with Crippen molar-refractivity contribution >= 4 is 11.6 Å². The van der Waals surface area contributed by atoms with Crippen molar-refractivity contribution in [3.05, 3.63) is 35.7 Å². The predicted octanol–water partition coefficient (Wildman–Crippen LogP) is 3.60. The summed E-state index contributed by atoms with van der Waals surface area (Å²) in [5.74, 6) is 1.00. The van der Waals surface area contributed by atoms with Gasteiger partial charge in [-0.3, -0.25) is 0 Å². The number of hydrogen-bond acceptors (Lipinski definition) is 3. The Morgan fingerprint density at radius 1 is 1.31 bits per heavy atom. The molecule has 0 amide bonds. The van der Waals surface area contributed by atoms with Crippen molar-refractivity contribution in [2.24, 2.45) is 0 Å². The fourth-order valence-electron chi connectivity index (χ4n) is 1.54. The summed E-state index contributed by atoms with van der Waals surface area (Å²) >= 11 is 5.88. The van der Waals surface area contributed by atoms with Crippen molar-refractivity contribution in [2.75, 3.05) is 0 Å². The van der Waals surface area contributed by atoms with E-state index in [1.165, 1.54) is 5.56 Å². The van der Waals surface area contributed by atoms with Gasteiger partial charge in [-0.25, -0.2) is 0 Å². The molecule has 0 bridgehead atoms. The van der Waals surface area contributed by atoms with E-state index in [9.17, 15) is 0 Å². The standard InChI is InChI=1S/C12H13ClN2O/c1-3-9-6-4-5-7-10(9)12-15-14-11(16-12)8(2)13/h4-8H,3H2,1-2H3. The molecule has 1 atom stereocenters. The molecule has 0 radical (unpaired) electrons. The van der Waals surface area contributed by atoms with Gasteiger partial charge >= 0.3 is 0 Å². The van der Waals surface area contributed by atoms with E-state index in [1.54, 1.807) is 0 Å². The SMILES string of the molecule is CCc1ccccc1-c1nnc(C(C)Cl)o1. The van der Waals surface area contributed by atoms with Gasteiger partial charge < -0.3 is 4.42 Å². The molecular formula is C12H13ClN2O. The van der Waals surface area contributed by atoms with Crippen LogP contribution in [0.3, 0.4) is 0 Å². The molecule has 0 fully saturated rings. The van der Waals surface area contributed by atoms with E-state index in [0.717, 1.165) is 12.0 Å². The second-order valence-electron chi connectivity index (χ2n) is 3.57. The predicted molar refractivity (Wildman–Crippen MR) is 63.4 cm³/mol. The van der Waals surface area contributed by atoms with E-state index in [1.807, 2.05) is 25.1 Å². The normalized spacial score (nSPS) is 12.7. The molecule has 3 nitrogen and oxygen atoms in total. The lowest BCUT2D eigenvalue weighted by atomic mass is 10.1. The van der Waals surface area contributed by atoms with Crippen molar-refractivity contribution in [3.63, 3.8) is 0 Å². The van der Waals surface area contributed by atoms with Gasteiger partial charge in [0.25, 0.3) is 0 Å². The van der Waals surface area contributed by atoms with Crippen LogP contribution < -0.4 is 0 Å². The molecule has 0 spiro atoms. The van der Waals surface area contributed by atoms with Crippen molar-refractivity contribution in [2.45, 2.75) is 25.6 Å². The van der Waals surface area contributed by atoms with Crippen LogP contribution in [0.2, 0.25) is 0 Å². The van der Waals surface area contributed by atoms with Crippen LogP contribution in [-0.2, 0) is 6.42 Å². The lowest BCUT2D eigenvalue weighted by Gasteiger charge is -2.02. The van der Waals surface area contributed by atoms with Crippen LogP contribution >= 0.6 is 11.6 Å². The van der Waals surface area contributed by atoms with E-state index in [2.05, 4.69) is 23.2 Å². The summed E-state index contributed by atoms with van der Waals surface area (Å²) < 4.78 is 5.52. The zero-order chi connectivity index (χ0) is 11.5. The van der Waals surface area contributed by atoms with E-state index in [0.29, 0.717) is 11.8 Å². The van der Waals surface area contributed by atoms with Gasteiger partial charge in [0.15, 0.2) is 0 Å². The molecule has 0 aliphatic carbocycles. The summed E-state index contributed by atoms with van der Waals surface area (Å²) in [6, 6.07) is 8.00. The van der Waals surface area contributed by atoms with E-state index in [4.69, 9.17) is 16.0 Å². The summed E-state index contributed by atoms with van der Waals surface area (Å²) in [5, 5.41) is 7.68. The highest BCUT2D eigenvalue weighted by molar-refractivity contribution is 6.20. The van der Waals surface area contributed by atoms with E-state index < -0.39 is 0 Å². The van der Waals surface area contributed by atoms with Gasteiger partial charge in [-0.05, 0) is 25.0 Å². The molecule has 84 valence electrons. The molecule has 0 N–H and O–H groups in total. The number of alkyl halides is 1. The van der Waals surface area contributed by atoms with Crippen molar-refractivity contribution in [3.8, 4) is 11.5 Å². The molecule has 0 aliphatic rings. The lowest BCUT2D eigenvalue weighted by Crippen LogP contribution is -1.86. The van der Waals surface area contributed by atoms with Crippen LogP contribution in [-0.4, -0.2) is 10.2 Å². The monoisotopic (exact) mass is 236 g/mol. The maximum absolute atomic E-state index is 5.88. The number of hydrogen-bond donors (Lipinski definition) is 0. The van der Waals surface area contributed by atoms with Gasteiger partial charge in [0.2, 0.25) is 11.8 Å². The largest absolute Gasteiger partial charge is 0.419 e. The second-order valence-corrected chi connectivity index (χ2v) is 4.23. The molecule has 1 unspecified atom stereocenters.